The van der Waals surface area contributed by atoms with Gasteiger partial charge < -0.3 is 29.2 Å². The summed E-state index contributed by atoms with van der Waals surface area (Å²) in [6.45, 7) is 10.3. The van der Waals surface area contributed by atoms with Crippen LogP contribution in [0.5, 0.6) is 0 Å². The summed E-state index contributed by atoms with van der Waals surface area (Å²) in [4.78, 5) is 35.2. The Kier molecular flexibility index (Phi) is 16.6. The number of thioether (sulfide) groups is 1. The normalized spacial score (nSPS) is 14.4. The molecular weight excluding hydrogens is 452 g/mol. The van der Waals surface area contributed by atoms with Crippen LogP contribution in [0.25, 0.3) is 0 Å². The van der Waals surface area contributed by atoms with Crippen LogP contribution in [-0.2, 0) is 33.3 Å². The lowest BCUT2D eigenvalue weighted by molar-refractivity contribution is -0.157. The zero-order valence-electron chi connectivity index (χ0n) is 19.7. The molecule has 0 radical (unpaired) electrons. The van der Waals surface area contributed by atoms with Crippen LogP contribution in [0.1, 0.15) is 33.1 Å². The minimum Gasteiger partial charge on any atom is -0.465 e. The van der Waals surface area contributed by atoms with E-state index in [0.717, 1.165) is 12.2 Å². The Labute approximate surface area is 200 Å². The van der Waals surface area contributed by atoms with Gasteiger partial charge in [-0.15, -0.1) is 0 Å². The van der Waals surface area contributed by atoms with Gasteiger partial charge in [-0.25, -0.2) is 9.59 Å². The Hall–Kier alpha value is -1.88. The van der Waals surface area contributed by atoms with Crippen LogP contribution < -0.4 is 0 Å². The third-order valence-corrected chi connectivity index (χ3v) is 6.22. The van der Waals surface area contributed by atoms with Crippen molar-refractivity contribution >= 4 is 29.7 Å². The second kappa shape index (κ2) is 17.6. The summed E-state index contributed by atoms with van der Waals surface area (Å²) < 4.78 is 21.7. The molecule has 0 spiro atoms. The Balaban J connectivity index is 5.13. The molecule has 0 saturated heterocycles. The van der Waals surface area contributed by atoms with E-state index in [0.29, 0.717) is 24.3 Å². The largest absolute Gasteiger partial charge is 0.465 e. The van der Waals surface area contributed by atoms with Crippen molar-refractivity contribution in [2.24, 2.45) is 10.8 Å². The van der Waals surface area contributed by atoms with Crippen LogP contribution in [0.3, 0.4) is 0 Å². The van der Waals surface area contributed by atoms with Crippen molar-refractivity contribution < 1.29 is 43.5 Å². The van der Waals surface area contributed by atoms with Crippen LogP contribution in [0.2, 0.25) is 0 Å². The highest BCUT2D eigenvalue weighted by molar-refractivity contribution is 7.99. The Morgan fingerprint density at radius 2 is 1.33 bits per heavy atom. The Morgan fingerprint density at radius 3 is 1.82 bits per heavy atom. The molecule has 0 heterocycles. The number of ether oxygens (including phenoxy) is 4. The number of rotatable bonds is 20. The quantitative estimate of drug-likeness (QED) is 0.113. The first-order chi connectivity index (χ1) is 15.8. The van der Waals surface area contributed by atoms with Crippen molar-refractivity contribution in [3.63, 3.8) is 0 Å². The minimum atomic E-state index is -0.809. The SMILES string of the molecule is C=CC(=O)OCC(CC)(CO)COCC(CC)(COC(=O)C=C)COC(=O)CCSCCO. The van der Waals surface area contributed by atoms with Crippen LogP contribution >= 0.6 is 11.8 Å². The molecule has 0 aliphatic carbocycles. The fraction of sp³-hybridized carbons (Fsp3) is 0.696. The molecule has 0 aliphatic rings. The third kappa shape index (κ3) is 12.8. The molecule has 2 N–H and O–H groups in total. The number of hydrogen-bond acceptors (Lipinski definition) is 10. The highest BCUT2D eigenvalue weighted by Gasteiger charge is 2.35. The van der Waals surface area contributed by atoms with Crippen molar-refractivity contribution in [1.82, 2.24) is 0 Å². The topological polar surface area (TPSA) is 129 Å². The van der Waals surface area contributed by atoms with Crippen LogP contribution in [0.4, 0.5) is 0 Å². The molecule has 0 saturated carbocycles. The van der Waals surface area contributed by atoms with Crippen LogP contribution in [0, 0.1) is 10.8 Å². The second-order valence-electron chi connectivity index (χ2n) is 7.73. The summed E-state index contributed by atoms with van der Waals surface area (Å²) in [6, 6.07) is 0. The standard InChI is InChI=1S/C23H38O9S/c1-5-19(26)30-16-22(7-3,13-25)14-29-15-23(8-4,17-31-20(27)6-2)18-32-21(28)9-11-33-12-10-24/h5-6,24-25H,1-2,7-18H2,3-4H3. The van der Waals surface area contributed by atoms with E-state index < -0.39 is 28.7 Å². The van der Waals surface area contributed by atoms with E-state index in [1.807, 2.05) is 13.8 Å². The molecule has 0 amide bonds. The van der Waals surface area contributed by atoms with Gasteiger partial charge in [-0.2, -0.15) is 11.8 Å². The van der Waals surface area contributed by atoms with Crippen molar-refractivity contribution in [3.05, 3.63) is 25.3 Å². The fourth-order valence-corrected chi connectivity index (χ4v) is 3.20. The summed E-state index contributed by atoms with van der Waals surface area (Å²) in [5.41, 5.74) is -1.62. The average Bonchev–Trinajstić information content (AvgIpc) is 2.85. The van der Waals surface area contributed by atoms with Gasteiger partial charge in [0.25, 0.3) is 0 Å². The van der Waals surface area contributed by atoms with Gasteiger partial charge in [-0.1, -0.05) is 27.0 Å². The van der Waals surface area contributed by atoms with Crippen molar-refractivity contribution in [2.75, 3.05) is 57.8 Å². The number of esters is 3. The third-order valence-electron chi connectivity index (χ3n) is 5.25. The molecule has 10 heteroatoms. The molecule has 2 atom stereocenters. The molecular formula is C23H38O9S. The van der Waals surface area contributed by atoms with Gasteiger partial charge in [0.05, 0.1) is 43.7 Å². The summed E-state index contributed by atoms with van der Waals surface area (Å²) in [7, 11) is 0. The summed E-state index contributed by atoms with van der Waals surface area (Å²) in [5, 5.41) is 18.7. The van der Waals surface area contributed by atoms with Gasteiger partial charge in [0.15, 0.2) is 0 Å². The molecule has 0 aromatic rings. The van der Waals surface area contributed by atoms with Crippen LogP contribution in [0.15, 0.2) is 25.3 Å². The van der Waals surface area contributed by atoms with Gasteiger partial charge in [0, 0.05) is 23.7 Å². The molecule has 190 valence electrons. The molecule has 0 aliphatic heterocycles. The van der Waals surface area contributed by atoms with E-state index >= 15 is 0 Å². The van der Waals surface area contributed by atoms with Gasteiger partial charge in [0.1, 0.15) is 19.8 Å². The monoisotopic (exact) mass is 490 g/mol. The predicted octanol–water partition coefficient (Wildman–Crippen LogP) is 1.91. The Bertz CT molecular complexity index is 619. The lowest BCUT2D eigenvalue weighted by Gasteiger charge is -2.34. The first-order valence-electron chi connectivity index (χ1n) is 10.9. The van der Waals surface area contributed by atoms with E-state index in [1.165, 1.54) is 11.8 Å². The molecule has 2 unspecified atom stereocenters. The van der Waals surface area contributed by atoms with E-state index in [9.17, 15) is 19.5 Å². The molecule has 0 aromatic carbocycles. The molecule has 33 heavy (non-hydrogen) atoms. The lowest BCUT2D eigenvalue weighted by atomic mass is 9.86. The maximum atomic E-state index is 12.1. The Morgan fingerprint density at radius 1 is 0.818 bits per heavy atom. The van der Waals surface area contributed by atoms with Gasteiger partial charge >= 0.3 is 17.9 Å². The predicted molar refractivity (Wildman–Crippen MR) is 126 cm³/mol. The first kappa shape index (κ1) is 31.1. The summed E-state index contributed by atoms with van der Waals surface area (Å²) >= 11 is 1.45. The minimum absolute atomic E-state index is 0.0267. The number of aliphatic hydroxyl groups excluding tert-OH is 2. The fourth-order valence-electron chi connectivity index (χ4n) is 2.56. The average molecular weight is 491 g/mol. The molecule has 0 rings (SSSR count). The lowest BCUT2D eigenvalue weighted by Crippen LogP contribution is -2.41. The van der Waals surface area contributed by atoms with E-state index in [1.54, 1.807) is 0 Å². The molecule has 0 fully saturated rings. The maximum Gasteiger partial charge on any atom is 0.330 e. The van der Waals surface area contributed by atoms with Crippen molar-refractivity contribution in [3.8, 4) is 0 Å². The number of carbonyl (C=O) groups excluding carboxylic acids is 3. The highest BCUT2D eigenvalue weighted by Crippen LogP contribution is 2.28. The van der Waals surface area contributed by atoms with Crippen molar-refractivity contribution in [1.29, 1.82) is 0 Å². The smallest absolute Gasteiger partial charge is 0.330 e. The van der Waals surface area contributed by atoms with E-state index in [2.05, 4.69) is 13.2 Å². The van der Waals surface area contributed by atoms with Crippen molar-refractivity contribution in [2.45, 2.75) is 33.1 Å². The first-order valence-corrected chi connectivity index (χ1v) is 12.0. The maximum absolute atomic E-state index is 12.1. The summed E-state index contributed by atoms with van der Waals surface area (Å²) in [6.07, 6.45) is 3.25. The second-order valence-corrected chi connectivity index (χ2v) is 8.95. The van der Waals surface area contributed by atoms with Gasteiger partial charge in [0.2, 0.25) is 0 Å². The van der Waals surface area contributed by atoms with Crippen LogP contribution in [-0.4, -0.2) is 85.9 Å². The highest BCUT2D eigenvalue weighted by atomic mass is 32.2. The summed E-state index contributed by atoms with van der Waals surface area (Å²) in [5.74, 6) is -0.523. The molecule has 0 aromatic heterocycles. The molecule has 9 nitrogen and oxygen atoms in total. The number of carbonyl (C=O) groups is 3. The number of hydrogen-bond donors (Lipinski definition) is 2. The van der Waals surface area contributed by atoms with Gasteiger partial charge in [-0.3, -0.25) is 4.79 Å². The van der Waals surface area contributed by atoms with Gasteiger partial charge in [-0.05, 0) is 12.8 Å². The van der Waals surface area contributed by atoms with E-state index in [-0.39, 0.29) is 52.7 Å². The zero-order chi connectivity index (χ0) is 25.2. The zero-order valence-corrected chi connectivity index (χ0v) is 20.5. The van der Waals surface area contributed by atoms with E-state index in [4.69, 9.17) is 24.1 Å². The number of aliphatic hydroxyl groups is 2. The molecule has 0 bridgehead atoms.